The Balaban J connectivity index is 1.63. The molecule has 0 aromatic heterocycles. The summed E-state index contributed by atoms with van der Waals surface area (Å²) in [5, 5.41) is 19.8. The van der Waals surface area contributed by atoms with E-state index in [1.807, 2.05) is 0 Å². The van der Waals surface area contributed by atoms with Gasteiger partial charge >= 0.3 is 0 Å². The minimum absolute atomic E-state index is 0.00719. The number of phenolic OH excluding ortho intramolecular Hbond substituents is 2. The number of aromatic hydroxyl groups is 2. The number of piperidine rings is 1. The van der Waals surface area contributed by atoms with Crippen molar-refractivity contribution in [2.75, 3.05) is 13.1 Å². The first-order valence-corrected chi connectivity index (χ1v) is 9.18. The molecule has 2 heterocycles. The average Bonchev–Trinajstić information content (AvgIpc) is 2.65. The normalized spacial score (nSPS) is 20.5. The highest BCUT2D eigenvalue weighted by atomic mass is 16.5. The smallest absolute Gasteiger partial charge is 0.171 e. The molecule has 0 bridgehead atoms. The van der Waals surface area contributed by atoms with Crippen molar-refractivity contribution in [3.63, 3.8) is 0 Å². The molecule has 2 aromatic carbocycles. The highest BCUT2D eigenvalue weighted by Crippen LogP contribution is 2.40. The zero-order valence-corrected chi connectivity index (χ0v) is 14.6. The maximum absolute atomic E-state index is 12.9. The van der Waals surface area contributed by atoms with Crippen molar-refractivity contribution < 1.29 is 19.7 Å². The molecule has 5 heteroatoms. The van der Waals surface area contributed by atoms with Gasteiger partial charge in [-0.05, 0) is 55.8 Å². The van der Waals surface area contributed by atoms with E-state index in [0.717, 1.165) is 31.5 Å². The van der Waals surface area contributed by atoms with Crippen molar-refractivity contribution in [2.45, 2.75) is 38.3 Å². The minimum Gasteiger partial charge on any atom is -0.508 e. The minimum atomic E-state index is -0.372. The molecule has 1 unspecified atom stereocenters. The van der Waals surface area contributed by atoms with Crippen LogP contribution in [0.2, 0.25) is 0 Å². The number of rotatable bonds is 3. The third-order valence-corrected chi connectivity index (χ3v) is 5.26. The second kappa shape index (κ2) is 7.00. The Morgan fingerprint density at radius 2 is 1.73 bits per heavy atom. The molecular weight excluding hydrogens is 330 g/mol. The zero-order chi connectivity index (χ0) is 18.1. The number of Topliss-reactive ketones (excluding diaryl/α,β-unsaturated/α-hetero) is 1. The van der Waals surface area contributed by atoms with E-state index in [0.29, 0.717) is 23.4 Å². The van der Waals surface area contributed by atoms with Gasteiger partial charge in [0.15, 0.2) is 5.78 Å². The van der Waals surface area contributed by atoms with Crippen LogP contribution in [-0.4, -0.2) is 34.0 Å². The van der Waals surface area contributed by atoms with Crippen molar-refractivity contribution in [3.8, 4) is 17.2 Å². The summed E-state index contributed by atoms with van der Waals surface area (Å²) >= 11 is 0. The van der Waals surface area contributed by atoms with Gasteiger partial charge in [0, 0.05) is 12.1 Å². The van der Waals surface area contributed by atoms with E-state index in [1.54, 1.807) is 36.4 Å². The van der Waals surface area contributed by atoms with Crippen LogP contribution in [-0.2, 0) is 6.54 Å². The topological polar surface area (TPSA) is 70.0 Å². The largest absolute Gasteiger partial charge is 0.508 e. The van der Waals surface area contributed by atoms with Crippen molar-refractivity contribution in [1.29, 1.82) is 0 Å². The van der Waals surface area contributed by atoms with Gasteiger partial charge < -0.3 is 14.9 Å². The molecule has 0 radical (unpaired) electrons. The number of benzene rings is 2. The maximum Gasteiger partial charge on any atom is 0.171 e. The molecule has 26 heavy (non-hydrogen) atoms. The molecule has 136 valence electrons. The van der Waals surface area contributed by atoms with Crippen molar-refractivity contribution in [3.05, 3.63) is 53.1 Å². The number of phenols is 2. The van der Waals surface area contributed by atoms with Crippen LogP contribution in [0.25, 0.3) is 0 Å². The fraction of sp³-hybridized carbons (Fsp3) is 0.381. The number of fused-ring (bicyclic) bond motifs is 1. The van der Waals surface area contributed by atoms with E-state index in [1.165, 1.54) is 6.42 Å². The van der Waals surface area contributed by atoms with Crippen LogP contribution in [0.4, 0.5) is 0 Å². The summed E-state index contributed by atoms with van der Waals surface area (Å²) in [5.74, 6) is 0.871. The number of carbonyl (C=O) groups is 1. The quantitative estimate of drug-likeness (QED) is 0.878. The number of ketones is 1. The Morgan fingerprint density at radius 1 is 1.00 bits per heavy atom. The van der Waals surface area contributed by atoms with Crippen LogP contribution in [0.3, 0.4) is 0 Å². The van der Waals surface area contributed by atoms with Gasteiger partial charge in [-0.3, -0.25) is 9.69 Å². The number of hydrogen-bond acceptors (Lipinski definition) is 5. The van der Waals surface area contributed by atoms with Gasteiger partial charge in [-0.25, -0.2) is 0 Å². The second-order valence-corrected chi connectivity index (χ2v) is 7.10. The summed E-state index contributed by atoms with van der Waals surface area (Å²) in [4.78, 5) is 15.2. The lowest BCUT2D eigenvalue weighted by atomic mass is 9.92. The molecule has 0 amide bonds. The number of carbonyl (C=O) groups excluding carboxylic acids is 1. The van der Waals surface area contributed by atoms with Crippen molar-refractivity contribution >= 4 is 5.78 Å². The average molecular weight is 353 g/mol. The summed E-state index contributed by atoms with van der Waals surface area (Å²) in [5.41, 5.74) is 2.05. The third-order valence-electron chi connectivity index (χ3n) is 5.26. The number of ether oxygens (including phenoxy) is 1. The fourth-order valence-electron chi connectivity index (χ4n) is 3.86. The predicted molar refractivity (Wildman–Crippen MR) is 97.7 cm³/mol. The molecule has 4 rings (SSSR count). The lowest BCUT2D eigenvalue weighted by Gasteiger charge is -2.30. The lowest BCUT2D eigenvalue weighted by molar-refractivity contribution is 0.0844. The van der Waals surface area contributed by atoms with E-state index >= 15 is 0 Å². The summed E-state index contributed by atoms with van der Waals surface area (Å²) in [6, 6.07) is 10.0. The molecule has 2 aliphatic heterocycles. The monoisotopic (exact) mass is 353 g/mol. The van der Waals surface area contributed by atoms with Gasteiger partial charge in [0.25, 0.3) is 0 Å². The molecule has 0 spiro atoms. The van der Waals surface area contributed by atoms with Crippen LogP contribution >= 0.6 is 0 Å². The first kappa shape index (κ1) is 16.9. The van der Waals surface area contributed by atoms with Crippen LogP contribution < -0.4 is 4.74 Å². The molecule has 0 saturated carbocycles. The van der Waals surface area contributed by atoms with Gasteiger partial charge in [0.05, 0.1) is 12.0 Å². The fourth-order valence-corrected chi connectivity index (χ4v) is 3.86. The van der Waals surface area contributed by atoms with Crippen LogP contribution in [0, 0.1) is 0 Å². The Hall–Kier alpha value is -2.53. The van der Waals surface area contributed by atoms with Crippen LogP contribution in [0.5, 0.6) is 17.2 Å². The SMILES string of the molecule is O=C1CC(c2ccc(O)cc2)Oc2ccc(O)c(CN3CCCCC3)c21. The highest BCUT2D eigenvalue weighted by molar-refractivity contribution is 6.02. The van der Waals surface area contributed by atoms with E-state index in [4.69, 9.17) is 4.74 Å². The molecule has 2 aromatic rings. The molecular formula is C21H23NO4. The molecule has 5 nitrogen and oxygen atoms in total. The van der Waals surface area contributed by atoms with Crippen LogP contribution in [0.1, 0.15) is 53.3 Å². The number of hydrogen-bond donors (Lipinski definition) is 2. The van der Waals surface area contributed by atoms with Crippen molar-refractivity contribution in [2.24, 2.45) is 0 Å². The van der Waals surface area contributed by atoms with Gasteiger partial charge in [-0.15, -0.1) is 0 Å². The molecule has 1 atom stereocenters. The Labute approximate surface area is 152 Å². The molecule has 2 N–H and O–H groups in total. The summed E-state index contributed by atoms with van der Waals surface area (Å²) in [6.07, 6.45) is 3.41. The van der Waals surface area contributed by atoms with Gasteiger partial charge in [0.2, 0.25) is 0 Å². The summed E-state index contributed by atoms with van der Waals surface area (Å²) in [6.45, 7) is 2.57. The molecule has 0 aliphatic carbocycles. The summed E-state index contributed by atoms with van der Waals surface area (Å²) in [7, 11) is 0. The first-order chi connectivity index (χ1) is 12.6. The van der Waals surface area contributed by atoms with Gasteiger partial charge in [-0.1, -0.05) is 18.6 Å². The lowest BCUT2D eigenvalue weighted by Crippen LogP contribution is -2.30. The first-order valence-electron chi connectivity index (χ1n) is 9.18. The Morgan fingerprint density at radius 3 is 2.46 bits per heavy atom. The Kier molecular flexibility index (Phi) is 4.55. The van der Waals surface area contributed by atoms with Crippen LogP contribution in [0.15, 0.2) is 36.4 Å². The highest BCUT2D eigenvalue weighted by Gasteiger charge is 2.31. The maximum atomic E-state index is 12.9. The zero-order valence-electron chi connectivity index (χ0n) is 14.6. The van der Waals surface area contributed by atoms with Crippen molar-refractivity contribution in [1.82, 2.24) is 4.90 Å². The van der Waals surface area contributed by atoms with E-state index in [2.05, 4.69) is 4.90 Å². The van der Waals surface area contributed by atoms with E-state index in [-0.39, 0.29) is 29.8 Å². The third kappa shape index (κ3) is 3.27. The summed E-state index contributed by atoms with van der Waals surface area (Å²) < 4.78 is 6.08. The van der Waals surface area contributed by atoms with Gasteiger partial charge in [-0.2, -0.15) is 0 Å². The Bertz CT molecular complexity index is 810. The number of nitrogens with zero attached hydrogens (tertiary/aromatic N) is 1. The molecule has 1 saturated heterocycles. The number of likely N-dealkylation sites (tertiary alicyclic amines) is 1. The molecule has 1 fully saturated rings. The standard InChI is InChI=1S/C21H23NO4/c23-15-6-4-14(5-7-15)20-12-18(25)21-16(13-22-10-2-1-3-11-22)17(24)8-9-19(21)26-20/h4-9,20,23-24H,1-3,10-13H2. The predicted octanol–water partition coefficient (Wildman–Crippen LogP) is 3.79. The van der Waals surface area contributed by atoms with E-state index in [9.17, 15) is 15.0 Å². The van der Waals surface area contributed by atoms with E-state index < -0.39 is 0 Å². The second-order valence-electron chi connectivity index (χ2n) is 7.10. The molecule has 2 aliphatic rings. The van der Waals surface area contributed by atoms with Gasteiger partial charge in [0.1, 0.15) is 23.4 Å².